The Morgan fingerprint density at radius 3 is 2.32 bits per heavy atom. The van der Waals surface area contributed by atoms with Crippen molar-refractivity contribution in [2.75, 3.05) is 0 Å². The number of allylic oxidation sites excluding steroid dienone is 1. The molecule has 0 aliphatic heterocycles. The van der Waals surface area contributed by atoms with Crippen LogP contribution in [0.1, 0.15) is 42.5 Å². The van der Waals surface area contributed by atoms with Crippen molar-refractivity contribution in [1.29, 1.82) is 0 Å². The van der Waals surface area contributed by atoms with E-state index in [1.54, 1.807) is 0 Å². The molecule has 1 heteroatoms. The molecule has 0 saturated carbocycles. The Bertz CT molecular complexity index is 642. The molecule has 2 atom stereocenters. The van der Waals surface area contributed by atoms with Crippen molar-refractivity contribution >= 4 is 0 Å². The second kappa shape index (κ2) is 6.93. The summed E-state index contributed by atoms with van der Waals surface area (Å²) < 4.78 is 0. The van der Waals surface area contributed by atoms with E-state index < -0.39 is 0 Å². The highest BCUT2D eigenvalue weighted by atomic mass is 15.0. The molecule has 0 amide bonds. The minimum absolute atomic E-state index is 0.255. The van der Waals surface area contributed by atoms with Crippen molar-refractivity contribution in [3.63, 3.8) is 0 Å². The lowest BCUT2D eigenvalue weighted by Crippen LogP contribution is -2.33. The van der Waals surface area contributed by atoms with Gasteiger partial charge < -0.3 is 5.32 Å². The fourth-order valence-corrected chi connectivity index (χ4v) is 2.92. The smallest absolute Gasteiger partial charge is 0.0579 e. The van der Waals surface area contributed by atoms with Gasteiger partial charge in [0.1, 0.15) is 0 Å². The Labute approximate surface area is 134 Å². The topological polar surface area (TPSA) is 12.0 Å². The van der Waals surface area contributed by atoms with Gasteiger partial charge in [0.15, 0.2) is 0 Å². The van der Waals surface area contributed by atoms with Gasteiger partial charge in [-0.05, 0) is 30.9 Å². The van der Waals surface area contributed by atoms with Crippen molar-refractivity contribution in [3.8, 4) is 0 Å². The molecule has 2 aromatic carbocycles. The van der Waals surface area contributed by atoms with Crippen LogP contribution in [0.25, 0.3) is 0 Å². The third-order valence-electron chi connectivity index (χ3n) is 4.29. The molecule has 1 nitrogen and oxygen atoms in total. The van der Waals surface area contributed by atoms with Crippen LogP contribution in [0.5, 0.6) is 0 Å². The molecule has 0 heterocycles. The normalized spacial score (nSPS) is 16.0. The summed E-state index contributed by atoms with van der Waals surface area (Å²) in [5, 5.41) is 3.87. The van der Waals surface area contributed by atoms with Crippen LogP contribution in [-0.4, -0.2) is 6.04 Å². The Hall–Kier alpha value is -1.86. The van der Waals surface area contributed by atoms with E-state index >= 15 is 0 Å². The maximum absolute atomic E-state index is 3.87. The zero-order chi connectivity index (χ0) is 15.4. The third-order valence-corrected chi connectivity index (χ3v) is 4.29. The van der Waals surface area contributed by atoms with Crippen molar-refractivity contribution in [3.05, 3.63) is 89.4 Å². The van der Waals surface area contributed by atoms with E-state index in [9.17, 15) is 0 Å². The molecule has 22 heavy (non-hydrogen) atoms. The minimum Gasteiger partial charge on any atom is -0.303 e. The second-order valence-corrected chi connectivity index (χ2v) is 6.14. The predicted octanol–water partition coefficient (Wildman–Crippen LogP) is 4.99. The van der Waals surface area contributed by atoms with Gasteiger partial charge in [0.2, 0.25) is 0 Å². The van der Waals surface area contributed by atoms with Crippen molar-refractivity contribution in [1.82, 2.24) is 5.32 Å². The monoisotopic (exact) mass is 290 g/mol. The van der Waals surface area contributed by atoms with Crippen molar-refractivity contribution < 1.29 is 0 Å². The van der Waals surface area contributed by atoms with Gasteiger partial charge in [-0.25, -0.2) is 0 Å². The maximum atomic E-state index is 3.87. The molecule has 3 rings (SSSR count). The molecule has 113 valence electrons. The molecule has 1 N–H and O–H groups in total. The molecule has 2 unspecified atom stereocenters. The maximum Gasteiger partial charge on any atom is 0.0579 e. The van der Waals surface area contributed by atoms with E-state index in [1.165, 1.54) is 22.3 Å². The summed E-state index contributed by atoms with van der Waals surface area (Å²) in [6.45, 7) is 4.42. The van der Waals surface area contributed by atoms with Crippen LogP contribution in [0, 0.1) is 13.3 Å². The van der Waals surface area contributed by atoms with Crippen LogP contribution >= 0.6 is 0 Å². The van der Waals surface area contributed by atoms with Crippen LogP contribution in [0.3, 0.4) is 0 Å². The van der Waals surface area contributed by atoms with Crippen LogP contribution in [0.15, 0.2) is 66.2 Å². The van der Waals surface area contributed by atoms with Gasteiger partial charge in [-0.2, -0.15) is 0 Å². The van der Waals surface area contributed by atoms with E-state index in [0.717, 1.165) is 12.8 Å². The fraction of sp³-hybridized carbons (Fsp3) is 0.286. The van der Waals surface area contributed by atoms with E-state index in [1.807, 2.05) is 0 Å². The molecule has 1 aliphatic carbocycles. The summed E-state index contributed by atoms with van der Waals surface area (Å²) in [4.78, 5) is 0. The first-order valence-corrected chi connectivity index (χ1v) is 8.17. The van der Waals surface area contributed by atoms with Gasteiger partial charge in [-0.3, -0.25) is 0 Å². The molecular formula is C21H24N. The van der Waals surface area contributed by atoms with Crippen LogP contribution in [-0.2, 0) is 0 Å². The number of aryl methyl sites for hydroxylation is 1. The number of nitrogens with one attached hydrogen (secondary N) is 1. The summed E-state index contributed by atoms with van der Waals surface area (Å²) in [6, 6.07) is 20.4. The van der Waals surface area contributed by atoms with Crippen LogP contribution < -0.4 is 5.32 Å². The Balaban J connectivity index is 1.86. The lowest BCUT2D eigenvalue weighted by atomic mass is 9.95. The second-order valence-electron chi connectivity index (χ2n) is 6.14. The summed E-state index contributed by atoms with van der Waals surface area (Å²) in [5.74, 6) is 0. The largest absolute Gasteiger partial charge is 0.303 e. The zero-order valence-electron chi connectivity index (χ0n) is 13.4. The highest BCUT2D eigenvalue weighted by Gasteiger charge is 2.20. The fourth-order valence-electron chi connectivity index (χ4n) is 2.92. The van der Waals surface area contributed by atoms with Crippen LogP contribution in [0.4, 0.5) is 0 Å². The van der Waals surface area contributed by atoms with Crippen LogP contribution in [0.2, 0.25) is 0 Å². The van der Waals surface area contributed by atoms with E-state index in [0.29, 0.717) is 6.04 Å². The molecule has 0 bridgehead atoms. The third kappa shape index (κ3) is 3.86. The quantitative estimate of drug-likeness (QED) is 0.757. The first-order chi connectivity index (χ1) is 10.8. The number of hydrogen-bond donors (Lipinski definition) is 1. The summed E-state index contributed by atoms with van der Waals surface area (Å²) in [6.07, 6.45) is 6.70. The Morgan fingerprint density at radius 1 is 0.955 bits per heavy atom. The Kier molecular flexibility index (Phi) is 4.74. The van der Waals surface area contributed by atoms with Gasteiger partial charge in [0, 0.05) is 12.5 Å². The molecule has 0 fully saturated rings. The first kappa shape index (κ1) is 15.1. The average Bonchev–Trinajstić information content (AvgIpc) is 3.36. The molecule has 2 aromatic rings. The number of hydrogen-bond acceptors (Lipinski definition) is 1. The highest BCUT2D eigenvalue weighted by molar-refractivity contribution is 5.39. The summed E-state index contributed by atoms with van der Waals surface area (Å²) in [7, 11) is 0. The Morgan fingerprint density at radius 2 is 1.68 bits per heavy atom. The molecule has 1 radical (unpaired) electrons. The SMILES string of the molecule is CCC(CC1=C[CH]1)NC(c1ccccc1)c1cccc(C)c1. The predicted molar refractivity (Wildman–Crippen MR) is 93.7 cm³/mol. The van der Waals surface area contributed by atoms with Gasteiger partial charge in [0.25, 0.3) is 0 Å². The van der Waals surface area contributed by atoms with E-state index in [-0.39, 0.29) is 6.04 Å². The lowest BCUT2D eigenvalue weighted by molar-refractivity contribution is 0.458. The van der Waals surface area contributed by atoms with Gasteiger partial charge in [-0.15, -0.1) is 0 Å². The van der Waals surface area contributed by atoms with Crippen molar-refractivity contribution in [2.45, 2.75) is 38.8 Å². The van der Waals surface area contributed by atoms with Gasteiger partial charge in [0.05, 0.1) is 6.04 Å². The minimum atomic E-state index is 0.255. The highest BCUT2D eigenvalue weighted by Crippen LogP contribution is 2.28. The van der Waals surface area contributed by atoms with E-state index in [4.69, 9.17) is 0 Å². The molecular weight excluding hydrogens is 266 g/mol. The molecule has 0 aromatic heterocycles. The standard InChI is InChI=1S/C21H24N/c1-3-20(15-17-12-13-17)22-21(18-9-5-4-6-10-18)19-11-7-8-16(2)14-19/h4-14,20-22H,3,15H2,1-2H3. The molecule has 0 saturated heterocycles. The summed E-state index contributed by atoms with van der Waals surface area (Å²) in [5.41, 5.74) is 5.47. The van der Waals surface area contributed by atoms with Gasteiger partial charge in [-0.1, -0.05) is 78.7 Å². The number of benzene rings is 2. The first-order valence-electron chi connectivity index (χ1n) is 8.17. The average molecular weight is 290 g/mol. The molecule has 1 aliphatic rings. The van der Waals surface area contributed by atoms with Crippen molar-refractivity contribution in [2.24, 2.45) is 0 Å². The number of rotatable bonds is 7. The van der Waals surface area contributed by atoms with E-state index in [2.05, 4.69) is 86.3 Å². The molecule has 0 spiro atoms. The lowest BCUT2D eigenvalue weighted by Gasteiger charge is -2.26. The zero-order valence-corrected chi connectivity index (χ0v) is 13.4. The summed E-state index contributed by atoms with van der Waals surface area (Å²) >= 11 is 0. The van der Waals surface area contributed by atoms with Gasteiger partial charge >= 0.3 is 0 Å².